The van der Waals surface area contributed by atoms with Crippen LogP contribution in [-0.2, 0) is 14.3 Å². The maximum Gasteiger partial charge on any atom is 0.333 e. The fourth-order valence-corrected chi connectivity index (χ4v) is 5.22. The fourth-order valence-electron chi connectivity index (χ4n) is 3.33. The van der Waals surface area contributed by atoms with E-state index in [4.69, 9.17) is 26.4 Å². The second-order valence-electron chi connectivity index (χ2n) is 7.42. The molecule has 0 radical (unpaired) electrons. The van der Waals surface area contributed by atoms with E-state index in [1.54, 1.807) is 31.4 Å². The Labute approximate surface area is 217 Å². The van der Waals surface area contributed by atoms with Gasteiger partial charge in [-0.2, -0.15) is 0 Å². The highest BCUT2D eigenvalue weighted by Crippen LogP contribution is 2.41. The van der Waals surface area contributed by atoms with Crippen molar-refractivity contribution in [3.8, 4) is 11.5 Å². The number of amides is 1. The molecular weight excluding hydrogens is 538 g/mol. The van der Waals surface area contributed by atoms with E-state index in [-0.39, 0.29) is 12.5 Å². The number of hydrogen-bond donors (Lipinski definition) is 0. The molecular formula is C25H26BrNO5S2. The first-order valence-corrected chi connectivity index (χ1v) is 12.9. The minimum absolute atomic E-state index is 0.271. The van der Waals surface area contributed by atoms with Gasteiger partial charge in [0.25, 0.3) is 5.91 Å². The Morgan fingerprint density at radius 1 is 1.18 bits per heavy atom. The standard InChI is InChI=1S/C25H26BrNO5S2/c1-4-11-31-22-18(26)13-16(14-19(22)30-3)15-20-23(28)27(25(33)34-20)21(24(29)32-12-5-2)17-9-7-6-8-10-17/h6-10,13-15,21H,4-5,11-12H2,1-3H3/b20-15-. The van der Waals surface area contributed by atoms with Crippen LogP contribution in [-0.4, -0.2) is 41.4 Å². The summed E-state index contributed by atoms with van der Waals surface area (Å²) in [4.78, 5) is 28.1. The van der Waals surface area contributed by atoms with Crippen molar-refractivity contribution in [2.24, 2.45) is 0 Å². The molecule has 180 valence electrons. The molecule has 0 aliphatic carbocycles. The molecule has 9 heteroatoms. The Morgan fingerprint density at radius 3 is 2.53 bits per heavy atom. The van der Waals surface area contributed by atoms with Gasteiger partial charge in [0.15, 0.2) is 17.5 Å². The highest BCUT2D eigenvalue weighted by atomic mass is 79.9. The van der Waals surface area contributed by atoms with Crippen LogP contribution in [0.15, 0.2) is 51.8 Å². The third kappa shape index (κ3) is 6.00. The number of carbonyl (C=O) groups is 2. The molecule has 1 fully saturated rings. The van der Waals surface area contributed by atoms with Crippen LogP contribution < -0.4 is 9.47 Å². The Bertz CT molecular complexity index is 1090. The number of hydrogen-bond acceptors (Lipinski definition) is 7. The lowest BCUT2D eigenvalue weighted by molar-refractivity contribution is -0.151. The molecule has 34 heavy (non-hydrogen) atoms. The summed E-state index contributed by atoms with van der Waals surface area (Å²) >= 11 is 10.2. The van der Waals surface area contributed by atoms with Gasteiger partial charge in [0.1, 0.15) is 4.32 Å². The van der Waals surface area contributed by atoms with E-state index in [0.29, 0.717) is 43.8 Å². The zero-order valence-electron chi connectivity index (χ0n) is 19.2. The minimum atomic E-state index is -0.947. The summed E-state index contributed by atoms with van der Waals surface area (Å²) in [6.07, 6.45) is 3.28. The van der Waals surface area contributed by atoms with Crippen molar-refractivity contribution in [1.29, 1.82) is 0 Å². The van der Waals surface area contributed by atoms with E-state index >= 15 is 0 Å². The van der Waals surface area contributed by atoms with Crippen LogP contribution in [0.25, 0.3) is 6.08 Å². The predicted molar refractivity (Wildman–Crippen MR) is 142 cm³/mol. The third-order valence-electron chi connectivity index (χ3n) is 4.87. The van der Waals surface area contributed by atoms with Crippen LogP contribution in [0.3, 0.4) is 0 Å². The normalized spacial score (nSPS) is 15.5. The van der Waals surface area contributed by atoms with Gasteiger partial charge < -0.3 is 14.2 Å². The summed E-state index contributed by atoms with van der Waals surface area (Å²) in [5.41, 5.74) is 1.38. The van der Waals surface area contributed by atoms with Crippen molar-refractivity contribution >= 4 is 62.2 Å². The number of methoxy groups -OCH3 is 1. The number of benzene rings is 2. The molecule has 0 spiro atoms. The van der Waals surface area contributed by atoms with Gasteiger partial charge >= 0.3 is 5.97 Å². The summed E-state index contributed by atoms with van der Waals surface area (Å²) in [6, 6.07) is 11.8. The summed E-state index contributed by atoms with van der Waals surface area (Å²) in [5, 5.41) is 0. The molecule has 1 heterocycles. The molecule has 6 nitrogen and oxygen atoms in total. The van der Waals surface area contributed by atoms with Crippen LogP contribution in [0.5, 0.6) is 11.5 Å². The molecule has 1 amide bonds. The van der Waals surface area contributed by atoms with E-state index in [1.807, 2.05) is 38.1 Å². The number of thiocarbonyl (C=S) groups is 1. The van der Waals surface area contributed by atoms with Crippen LogP contribution in [0, 0.1) is 0 Å². The zero-order chi connectivity index (χ0) is 24.7. The number of carbonyl (C=O) groups excluding carboxylic acids is 2. The molecule has 2 aromatic carbocycles. The van der Waals surface area contributed by atoms with Gasteiger partial charge in [0, 0.05) is 0 Å². The number of ether oxygens (including phenoxy) is 3. The predicted octanol–water partition coefficient (Wildman–Crippen LogP) is 6.14. The molecule has 0 N–H and O–H groups in total. The highest BCUT2D eigenvalue weighted by Gasteiger charge is 2.42. The van der Waals surface area contributed by atoms with Gasteiger partial charge in [-0.3, -0.25) is 9.69 Å². The molecule has 3 rings (SSSR count). The van der Waals surface area contributed by atoms with Crippen LogP contribution in [0.1, 0.15) is 43.9 Å². The Hall–Kier alpha value is -2.36. The molecule has 1 saturated heterocycles. The number of esters is 1. The third-order valence-corrected chi connectivity index (χ3v) is 6.79. The lowest BCUT2D eigenvalue weighted by Crippen LogP contribution is -2.38. The van der Waals surface area contributed by atoms with Crippen molar-refractivity contribution in [1.82, 2.24) is 4.90 Å². The van der Waals surface area contributed by atoms with Crippen LogP contribution in [0.4, 0.5) is 0 Å². The smallest absolute Gasteiger partial charge is 0.333 e. The van der Waals surface area contributed by atoms with Crippen molar-refractivity contribution in [3.05, 3.63) is 63.0 Å². The molecule has 1 atom stereocenters. The van der Waals surface area contributed by atoms with E-state index < -0.39 is 12.0 Å². The summed E-state index contributed by atoms with van der Waals surface area (Å²) in [5.74, 6) is 0.304. The Morgan fingerprint density at radius 2 is 1.88 bits per heavy atom. The number of halogens is 1. The number of nitrogens with zero attached hydrogens (tertiary/aromatic N) is 1. The second-order valence-corrected chi connectivity index (χ2v) is 9.95. The van der Waals surface area contributed by atoms with Crippen molar-refractivity contribution in [2.45, 2.75) is 32.7 Å². The number of thioether (sulfide) groups is 1. The summed E-state index contributed by atoms with van der Waals surface area (Å²) in [7, 11) is 1.57. The first-order chi connectivity index (χ1) is 16.4. The van der Waals surface area contributed by atoms with E-state index in [2.05, 4.69) is 15.9 Å². The molecule has 1 unspecified atom stereocenters. The minimum Gasteiger partial charge on any atom is -0.493 e. The lowest BCUT2D eigenvalue weighted by atomic mass is 10.1. The molecule has 0 aromatic heterocycles. The Balaban J connectivity index is 1.95. The molecule has 2 aromatic rings. The fraction of sp³-hybridized carbons (Fsp3) is 0.320. The number of rotatable bonds is 10. The molecule has 1 aliphatic heterocycles. The quantitative estimate of drug-likeness (QED) is 0.195. The van der Waals surface area contributed by atoms with Gasteiger partial charge in [-0.15, -0.1) is 0 Å². The second kappa shape index (κ2) is 12.4. The zero-order valence-corrected chi connectivity index (χ0v) is 22.4. The van der Waals surface area contributed by atoms with E-state index in [0.717, 1.165) is 23.7 Å². The largest absolute Gasteiger partial charge is 0.493 e. The van der Waals surface area contributed by atoms with Gasteiger partial charge in [0.2, 0.25) is 0 Å². The summed E-state index contributed by atoms with van der Waals surface area (Å²) < 4.78 is 17.7. The highest BCUT2D eigenvalue weighted by molar-refractivity contribution is 9.10. The van der Waals surface area contributed by atoms with Crippen molar-refractivity contribution in [3.63, 3.8) is 0 Å². The first-order valence-electron chi connectivity index (χ1n) is 10.9. The topological polar surface area (TPSA) is 65.1 Å². The maximum atomic E-state index is 13.4. The average molecular weight is 565 g/mol. The molecule has 0 bridgehead atoms. The SMILES string of the molecule is CCCOC(=O)C(c1ccccc1)N1C(=O)/C(=C/c2cc(Br)c(OCCC)c(OC)c2)SC1=S. The maximum absolute atomic E-state index is 13.4. The van der Waals surface area contributed by atoms with Crippen molar-refractivity contribution in [2.75, 3.05) is 20.3 Å². The van der Waals surface area contributed by atoms with E-state index in [1.165, 1.54) is 4.90 Å². The summed E-state index contributed by atoms with van der Waals surface area (Å²) in [6.45, 7) is 4.77. The Kier molecular flexibility index (Phi) is 9.55. The molecule has 0 saturated carbocycles. The molecule has 1 aliphatic rings. The lowest BCUT2D eigenvalue weighted by Gasteiger charge is -2.25. The van der Waals surface area contributed by atoms with E-state index in [9.17, 15) is 9.59 Å². The van der Waals surface area contributed by atoms with Gasteiger partial charge in [-0.25, -0.2) is 4.79 Å². The average Bonchev–Trinajstić information content (AvgIpc) is 3.10. The van der Waals surface area contributed by atoms with Gasteiger partial charge in [-0.05, 0) is 58.1 Å². The van der Waals surface area contributed by atoms with Crippen LogP contribution in [0.2, 0.25) is 0 Å². The van der Waals surface area contributed by atoms with Gasteiger partial charge in [0.05, 0.1) is 29.7 Å². The van der Waals surface area contributed by atoms with Crippen molar-refractivity contribution < 1.29 is 23.8 Å². The van der Waals surface area contributed by atoms with Gasteiger partial charge in [-0.1, -0.05) is 68.2 Å². The van der Waals surface area contributed by atoms with Crippen LogP contribution >= 0.6 is 39.9 Å². The monoisotopic (exact) mass is 563 g/mol. The first kappa shape index (κ1) is 26.2.